The van der Waals surface area contributed by atoms with Gasteiger partial charge in [-0.25, -0.2) is 4.79 Å². The van der Waals surface area contributed by atoms with Gasteiger partial charge >= 0.3 is 6.09 Å². The number of aromatic nitrogens is 1. The molecule has 0 aliphatic carbocycles. The Bertz CT molecular complexity index is 1230. The molecule has 1 fully saturated rings. The Morgan fingerprint density at radius 2 is 1.86 bits per heavy atom. The number of carboxylic acid groups (broad SMARTS) is 1. The predicted octanol–water partition coefficient (Wildman–Crippen LogP) is 5.85. The van der Waals surface area contributed by atoms with Crippen LogP contribution >= 0.6 is 0 Å². The highest BCUT2D eigenvalue weighted by molar-refractivity contribution is 6.06. The third-order valence-corrected chi connectivity index (χ3v) is 6.95. The van der Waals surface area contributed by atoms with Gasteiger partial charge < -0.3 is 19.9 Å². The van der Waals surface area contributed by atoms with Gasteiger partial charge in [0.2, 0.25) is 0 Å². The van der Waals surface area contributed by atoms with Crippen LogP contribution in [0.25, 0.3) is 0 Å². The summed E-state index contributed by atoms with van der Waals surface area (Å²) in [5, 5.41) is 12.7. The number of anilines is 1. The SMILES string of the molecule is CC(C)(C)[C@]1(COc2ccc(OCc3ccccc3)c(C(=O)Nc3cccnc3)c2)CCCN1C(=O)O. The van der Waals surface area contributed by atoms with E-state index in [0.29, 0.717) is 42.3 Å². The van der Waals surface area contributed by atoms with Crippen LogP contribution in [-0.2, 0) is 6.61 Å². The fourth-order valence-electron chi connectivity index (χ4n) is 4.78. The second-order valence-corrected chi connectivity index (χ2v) is 10.2. The van der Waals surface area contributed by atoms with Gasteiger partial charge in [-0.05, 0) is 54.2 Å². The van der Waals surface area contributed by atoms with Crippen molar-refractivity contribution in [1.29, 1.82) is 0 Å². The number of amides is 2. The molecule has 0 radical (unpaired) electrons. The number of carbonyl (C=O) groups is 2. The Morgan fingerprint density at radius 1 is 1.08 bits per heavy atom. The summed E-state index contributed by atoms with van der Waals surface area (Å²) < 4.78 is 12.2. The normalized spacial score (nSPS) is 17.3. The molecule has 8 nitrogen and oxygen atoms in total. The largest absolute Gasteiger partial charge is 0.491 e. The first-order valence-electron chi connectivity index (χ1n) is 12.4. The van der Waals surface area contributed by atoms with Crippen molar-refractivity contribution in [3.63, 3.8) is 0 Å². The molecule has 194 valence electrons. The fraction of sp³-hybridized carbons (Fsp3) is 0.345. The standard InChI is InChI=1S/C29H33N3O5/c1-28(2,3)29(14-8-16-32(29)27(34)35)20-37-23-12-13-25(36-19-21-9-5-4-6-10-21)24(17-23)26(33)31-22-11-7-15-30-18-22/h4-7,9-13,15,17-18H,8,14,16,19-20H2,1-3H3,(H,31,33)(H,34,35)/t29-/m1/s1. The van der Waals surface area contributed by atoms with Crippen molar-refractivity contribution in [3.05, 3.63) is 84.2 Å². The summed E-state index contributed by atoms with van der Waals surface area (Å²) in [5.74, 6) is 0.514. The van der Waals surface area contributed by atoms with Gasteiger partial charge in [0.05, 0.1) is 23.0 Å². The van der Waals surface area contributed by atoms with Crippen LogP contribution < -0.4 is 14.8 Å². The molecule has 2 N–H and O–H groups in total. The molecule has 4 rings (SSSR count). The zero-order valence-electron chi connectivity index (χ0n) is 21.4. The first kappa shape index (κ1) is 26.0. The van der Waals surface area contributed by atoms with Gasteiger partial charge in [-0.1, -0.05) is 51.1 Å². The maximum absolute atomic E-state index is 13.3. The van der Waals surface area contributed by atoms with Gasteiger partial charge in [-0.2, -0.15) is 0 Å². The minimum absolute atomic E-state index is 0.177. The van der Waals surface area contributed by atoms with Crippen LogP contribution in [0, 0.1) is 5.41 Å². The van der Waals surface area contributed by atoms with Crippen LogP contribution in [0.2, 0.25) is 0 Å². The Balaban J connectivity index is 1.60. The molecule has 0 bridgehead atoms. The second-order valence-electron chi connectivity index (χ2n) is 10.2. The first-order valence-corrected chi connectivity index (χ1v) is 12.4. The number of likely N-dealkylation sites (tertiary alicyclic amines) is 1. The van der Waals surface area contributed by atoms with Gasteiger partial charge in [0, 0.05) is 12.7 Å². The summed E-state index contributed by atoms with van der Waals surface area (Å²) in [5.41, 5.74) is 0.815. The summed E-state index contributed by atoms with van der Waals surface area (Å²) in [7, 11) is 0. The zero-order chi connectivity index (χ0) is 26.5. The van der Waals surface area contributed by atoms with Crippen molar-refractivity contribution in [2.75, 3.05) is 18.5 Å². The van der Waals surface area contributed by atoms with Crippen molar-refractivity contribution >= 4 is 17.7 Å². The van der Waals surface area contributed by atoms with Gasteiger partial charge in [-0.3, -0.25) is 14.7 Å². The lowest BCUT2D eigenvalue weighted by atomic mass is 9.72. The molecule has 1 aliphatic heterocycles. The van der Waals surface area contributed by atoms with Gasteiger partial charge in [0.25, 0.3) is 5.91 Å². The lowest BCUT2D eigenvalue weighted by Gasteiger charge is -2.46. The number of benzene rings is 2. The number of hydrogen-bond donors (Lipinski definition) is 2. The van der Waals surface area contributed by atoms with E-state index in [9.17, 15) is 14.7 Å². The molecule has 0 saturated carbocycles. The Hall–Kier alpha value is -4.07. The van der Waals surface area contributed by atoms with Crippen molar-refractivity contribution in [2.24, 2.45) is 5.41 Å². The minimum atomic E-state index is -0.947. The topological polar surface area (TPSA) is 101 Å². The monoisotopic (exact) mass is 503 g/mol. The van der Waals surface area contributed by atoms with E-state index in [1.54, 1.807) is 42.7 Å². The summed E-state index contributed by atoms with van der Waals surface area (Å²) >= 11 is 0. The van der Waals surface area contributed by atoms with Crippen molar-refractivity contribution in [3.8, 4) is 11.5 Å². The van der Waals surface area contributed by atoms with Crippen LogP contribution in [-0.4, -0.2) is 45.7 Å². The molecule has 1 saturated heterocycles. The van der Waals surface area contributed by atoms with E-state index in [0.717, 1.165) is 12.0 Å². The van der Waals surface area contributed by atoms with E-state index in [2.05, 4.69) is 10.3 Å². The number of nitrogens with one attached hydrogen (secondary N) is 1. The van der Waals surface area contributed by atoms with Crippen LogP contribution in [0.5, 0.6) is 11.5 Å². The number of carbonyl (C=O) groups excluding carboxylic acids is 1. The molecule has 0 unspecified atom stereocenters. The van der Waals surface area contributed by atoms with E-state index in [-0.39, 0.29) is 17.9 Å². The highest BCUT2D eigenvalue weighted by Crippen LogP contribution is 2.44. The van der Waals surface area contributed by atoms with Crippen molar-refractivity contribution in [2.45, 2.75) is 45.8 Å². The van der Waals surface area contributed by atoms with Crippen LogP contribution in [0.3, 0.4) is 0 Å². The molecule has 3 aromatic rings. The van der Waals surface area contributed by atoms with E-state index >= 15 is 0 Å². The smallest absolute Gasteiger partial charge is 0.407 e. The molecule has 2 amide bonds. The first-order chi connectivity index (χ1) is 17.7. The van der Waals surface area contributed by atoms with Gasteiger partial charge in [-0.15, -0.1) is 0 Å². The summed E-state index contributed by atoms with van der Waals surface area (Å²) in [6.07, 6.45) is 3.73. The van der Waals surface area contributed by atoms with Crippen LogP contribution in [0.1, 0.15) is 49.5 Å². The van der Waals surface area contributed by atoms with E-state index in [4.69, 9.17) is 9.47 Å². The number of pyridine rings is 1. The highest BCUT2D eigenvalue weighted by atomic mass is 16.5. The Labute approximate surface area is 217 Å². The summed E-state index contributed by atoms with van der Waals surface area (Å²) in [4.78, 5) is 30.8. The quantitative estimate of drug-likeness (QED) is 0.400. The zero-order valence-corrected chi connectivity index (χ0v) is 21.4. The molecular formula is C29H33N3O5. The summed E-state index contributed by atoms with van der Waals surface area (Å²) in [6, 6.07) is 18.3. The fourth-order valence-corrected chi connectivity index (χ4v) is 4.78. The molecule has 1 aliphatic rings. The minimum Gasteiger partial charge on any atom is -0.491 e. The average molecular weight is 504 g/mol. The van der Waals surface area contributed by atoms with Gasteiger partial charge in [0.15, 0.2) is 0 Å². The maximum Gasteiger partial charge on any atom is 0.407 e. The third-order valence-electron chi connectivity index (χ3n) is 6.95. The molecule has 0 spiro atoms. The Kier molecular flexibility index (Phi) is 7.66. The molecule has 1 aromatic heterocycles. The molecule has 2 aromatic carbocycles. The number of rotatable bonds is 8. The third kappa shape index (κ3) is 5.85. The van der Waals surface area contributed by atoms with Crippen LogP contribution in [0.4, 0.5) is 10.5 Å². The number of nitrogens with zero attached hydrogens (tertiary/aromatic N) is 2. The highest BCUT2D eigenvalue weighted by Gasteiger charge is 2.52. The lowest BCUT2D eigenvalue weighted by molar-refractivity contribution is -0.00369. The van der Waals surface area contributed by atoms with Crippen molar-refractivity contribution < 1.29 is 24.2 Å². The van der Waals surface area contributed by atoms with E-state index < -0.39 is 11.6 Å². The second kappa shape index (κ2) is 10.9. The molecule has 1 atom stereocenters. The van der Waals surface area contributed by atoms with E-state index in [1.807, 2.05) is 51.1 Å². The molecular weight excluding hydrogens is 470 g/mol. The molecule has 2 heterocycles. The molecule has 37 heavy (non-hydrogen) atoms. The average Bonchev–Trinajstić information content (AvgIpc) is 3.34. The lowest BCUT2D eigenvalue weighted by Crippen LogP contribution is -2.58. The van der Waals surface area contributed by atoms with E-state index in [1.165, 1.54) is 4.90 Å². The number of hydrogen-bond acceptors (Lipinski definition) is 5. The van der Waals surface area contributed by atoms with Crippen LogP contribution in [0.15, 0.2) is 73.1 Å². The van der Waals surface area contributed by atoms with Gasteiger partial charge in [0.1, 0.15) is 24.7 Å². The maximum atomic E-state index is 13.3. The summed E-state index contributed by atoms with van der Waals surface area (Å²) in [6.45, 7) is 7.05. The Morgan fingerprint density at radius 3 is 2.54 bits per heavy atom. The predicted molar refractivity (Wildman–Crippen MR) is 141 cm³/mol. The van der Waals surface area contributed by atoms with Crippen molar-refractivity contribution in [1.82, 2.24) is 9.88 Å². The molecule has 8 heteroatoms. The number of ether oxygens (including phenoxy) is 2.